The van der Waals surface area contributed by atoms with Gasteiger partial charge in [0.25, 0.3) is 0 Å². The number of carbonyl (C=O) groups excluding carboxylic acids is 2. The Bertz CT molecular complexity index is 704. The topological polar surface area (TPSA) is 78.4 Å². The molecule has 0 radical (unpaired) electrons. The van der Waals surface area contributed by atoms with Gasteiger partial charge in [-0.25, -0.2) is 0 Å². The van der Waals surface area contributed by atoms with Crippen LogP contribution in [-0.4, -0.2) is 23.5 Å². The van der Waals surface area contributed by atoms with Crippen molar-refractivity contribution in [2.45, 2.75) is 13.0 Å². The molecular formula is C17H17ClN2O3. The first-order chi connectivity index (χ1) is 11.0. The van der Waals surface area contributed by atoms with Crippen LogP contribution in [0.2, 0.25) is 5.02 Å². The summed E-state index contributed by atoms with van der Waals surface area (Å²) in [5, 5.41) is 14.7. The van der Waals surface area contributed by atoms with E-state index in [9.17, 15) is 14.7 Å². The summed E-state index contributed by atoms with van der Waals surface area (Å²) in [6.45, 7) is 1.54. The fraction of sp³-hybridized carbons (Fsp3) is 0.176. The Hall–Kier alpha value is -2.37. The van der Waals surface area contributed by atoms with Gasteiger partial charge in [0.2, 0.25) is 0 Å². The summed E-state index contributed by atoms with van der Waals surface area (Å²) in [5.74, 6) is -1.68. The van der Waals surface area contributed by atoms with Gasteiger partial charge in [0.05, 0.1) is 23.4 Å². The third-order valence-corrected chi connectivity index (χ3v) is 3.60. The molecule has 0 saturated carbocycles. The number of aliphatic hydroxyl groups excluding tert-OH is 1. The minimum Gasteiger partial charge on any atom is -0.394 e. The van der Waals surface area contributed by atoms with Crippen molar-refractivity contribution in [2.24, 2.45) is 0 Å². The fourth-order valence-corrected chi connectivity index (χ4v) is 2.22. The molecule has 0 spiro atoms. The van der Waals surface area contributed by atoms with Crippen LogP contribution in [0.5, 0.6) is 0 Å². The van der Waals surface area contributed by atoms with E-state index in [4.69, 9.17) is 11.6 Å². The summed E-state index contributed by atoms with van der Waals surface area (Å²) in [5.41, 5.74) is 1.99. The molecule has 1 unspecified atom stereocenters. The molecule has 5 nitrogen and oxygen atoms in total. The lowest BCUT2D eigenvalue weighted by atomic mass is 10.1. The zero-order valence-electron chi connectivity index (χ0n) is 12.5. The number of aryl methyl sites for hydroxylation is 1. The molecule has 3 N–H and O–H groups in total. The fourth-order valence-electron chi connectivity index (χ4n) is 2.06. The molecular weight excluding hydrogens is 316 g/mol. The number of halogens is 1. The first-order valence-electron chi connectivity index (χ1n) is 7.05. The van der Waals surface area contributed by atoms with E-state index in [1.807, 2.05) is 13.0 Å². The molecule has 6 heteroatoms. The van der Waals surface area contributed by atoms with Gasteiger partial charge in [-0.05, 0) is 30.2 Å². The maximum Gasteiger partial charge on any atom is 0.313 e. The number of hydrogen-bond acceptors (Lipinski definition) is 3. The third-order valence-electron chi connectivity index (χ3n) is 3.27. The number of hydrogen-bond donors (Lipinski definition) is 3. The number of benzene rings is 2. The minimum atomic E-state index is -0.842. The number of anilines is 1. The van der Waals surface area contributed by atoms with Crippen LogP contribution in [0.3, 0.4) is 0 Å². The van der Waals surface area contributed by atoms with E-state index < -0.39 is 17.9 Å². The van der Waals surface area contributed by atoms with Crippen LogP contribution in [0.15, 0.2) is 48.5 Å². The summed E-state index contributed by atoms with van der Waals surface area (Å²) in [6, 6.07) is 13.4. The second kappa shape index (κ2) is 7.76. The monoisotopic (exact) mass is 332 g/mol. The van der Waals surface area contributed by atoms with Crippen molar-refractivity contribution in [2.75, 3.05) is 11.9 Å². The predicted octanol–water partition coefficient (Wildman–Crippen LogP) is 2.44. The average Bonchev–Trinajstić information content (AvgIpc) is 2.56. The highest BCUT2D eigenvalue weighted by Crippen LogP contribution is 2.22. The molecule has 1 atom stereocenters. The number of aliphatic hydroxyl groups is 1. The largest absolute Gasteiger partial charge is 0.394 e. The average molecular weight is 333 g/mol. The highest BCUT2D eigenvalue weighted by molar-refractivity contribution is 6.41. The van der Waals surface area contributed by atoms with Crippen LogP contribution in [0.4, 0.5) is 5.69 Å². The molecule has 0 aliphatic heterocycles. The van der Waals surface area contributed by atoms with Gasteiger partial charge in [0.15, 0.2) is 0 Å². The molecule has 2 rings (SSSR count). The Morgan fingerprint density at radius 2 is 1.83 bits per heavy atom. The highest BCUT2D eigenvalue weighted by Gasteiger charge is 2.20. The van der Waals surface area contributed by atoms with Crippen molar-refractivity contribution in [1.82, 2.24) is 5.32 Å². The van der Waals surface area contributed by atoms with Gasteiger partial charge in [-0.1, -0.05) is 48.0 Å². The molecule has 120 valence electrons. The van der Waals surface area contributed by atoms with Gasteiger partial charge in [-0.2, -0.15) is 0 Å². The zero-order valence-corrected chi connectivity index (χ0v) is 13.3. The van der Waals surface area contributed by atoms with Crippen LogP contribution in [0.1, 0.15) is 17.2 Å². The van der Waals surface area contributed by atoms with Gasteiger partial charge in [0.1, 0.15) is 0 Å². The maximum absolute atomic E-state index is 12.0. The Balaban J connectivity index is 2.05. The summed E-state index contributed by atoms with van der Waals surface area (Å²) >= 11 is 5.99. The normalized spacial score (nSPS) is 11.6. The van der Waals surface area contributed by atoms with Crippen LogP contribution in [0.25, 0.3) is 0 Å². The Morgan fingerprint density at radius 3 is 2.48 bits per heavy atom. The van der Waals surface area contributed by atoms with E-state index in [-0.39, 0.29) is 6.61 Å². The maximum atomic E-state index is 12.0. The van der Waals surface area contributed by atoms with Crippen molar-refractivity contribution in [1.29, 1.82) is 0 Å². The molecule has 2 aromatic carbocycles. The molecule has 2 amide bonds. The van der Waals surface area contributed by atoms with Gasteiger partial charge in [-0.3, -0.25) is 9.59 Å². The Kier molecular flexibility index (Phi) is 5.73. The number of carbonyl (C=O) groups is 2. The lowest BCUT2D eigenvalue weighted by Crippen LogP contribution is -2.39. The molecule has 0 saturated heterocycles. The molecule has 23 heavy (non-hydrogen) atoms. The van der Waals surface area contributed by atoms with E-state index in [1.54, 1.807) is 42.5 Å². The van der Waals surface area contributed by atoms with Crippen molar-refractivity contribution in [3.63, 3.8) is 0 Å². The summed E-state index contributed by atoms with van der Waals surface area (Å²) < 4.78 is 0. The Morgan fingerprint density at radius 1 is 1.13 bits per heavy atom. The van der Waals surface area contributed by atoms with Crippen LogP contribution >= 0.6 is 11.6 Å². The SMILES string of the molecule is Cc1ccc(Cl)c(NC(=O)C(=O)NC(CO)c2ccccc2)c1. The third kappa shape index (κ3) is 4.55. The molecule has 2 aromatic rings. The van der Waals surface area contributed by atoms with E-state index in [0.29, 0.717) is 16.3 Å². The first kappa shape index (κ1) is 17.0. The van der Waals surface area contributed by atoms with Crippen molar-refractivity contribution in [3.8, 4) is 0 Å². The number of nitrogens with one attached hydrogen (secondary N) is 2. The highest BCUT2D eigenvalue weighted by atomic mass is 35.5. The second-order valence-electron chi connectivity index (χ2n) is 5.06. The van der Waals surface area contributed by atoms with Gasteiger partial charge in [-0.15, -0.1) is 0 Å². The molecule has 0 aliphatic carbocycles. The summed E-state index contributed by atoms with van der Waals surface area (Å²) in [7, 11) is 0. The van der Waals surface area contributed by atoms with Gasteiger partial charge < -0.3 is 15.7 Å². The van der Waals surface area contributed by atoms with Crippen LogP contribution < -0.4 is 10.6 Å². The zero-order chi connectivity index (χ0) is 16.8. The van der Waals surface area contributed by atoms with E-state index in [1.165, 1.54) is 0 Å². The number of rotatable bonds is 4. The Labute approximate surface area is 139 Å². The standard InChI is InChI=1S/C17H17ClN2O3/c1-11-7-8-13(18)14(9-11)19-16(22)17(23)20-15(10-21)12-5-3-2-4-6-12/h2-9,15,21H,10H2,1H3,(H,19,22)(H,20,23). The van der Waals surface area contributed by atoms with Crippen LogP contribution in [-0.2, 0) is 9.59 Å². The summed E-state index contributed by atoms with van der Waals surface area (Å²) in [4.78, 5) is 24.0. The minimum absolute atomic E-state index is 0.311. The summed E-state index contributed by atoms with van der Waals surface area (Å²) in [6.07, 6.45) is 0. The first-order valence-corrected chi connectivity index (χ1v) is 7.43. The van der Waals surface area contributed by atoms with Crippen molar-refractivity contribution >= 4 is 29.1 Å². The molecule has 0 aromatic heterocycles. The predicted molar refractivity (Wildman–Crippen MR) is 89.2 cm³/mol. The quantitative estimate of drug-likeness (QED) is 0.752. The molecule has 0 bridgehead atoms. The smallest absolute Gasteiger partial charge is 0.313 e. The lowest BCUT2D eigenvalue weighted by Gasteiger charge is -2.16. The van der Waals surface area contributed by atoms with Gasteiger partial charge >= 0.3 is 11.8 Å². The second-order valence-corrected chi connectivity index (χ2v) is 5.46. The van der Waals surface area contributed by atoms with E-state index in [0.717, 1.165) is 5.56 Å². The number of amides is 2. The van der Waals surface area contributed by atoms with E-state index in [2.05, 4.69) is 10.6 Å². The van der Waals surface area contributed by atoms with Crippen molar-refractivity contribution in [3.05, 3.63) is 64.7 Å². The molecule has 0 fully saturated rings. The van der Waals surface area contributed by atoms with Crippen molar-refractivity contribution < 1.29 is 14.7 Å². The molecule has 0 aliphatic rings. The molecule has 0 heterocycles. The lowest BCUT2D eigenvalue weighted by molar-refractivity contribution is -0.136. The van der Waals surface area contributed by atoms with E-state index >= 15 is 0 Å². The van der Waals surface area contributed by atoms with Crippen LogP contribution in [0, 0.1) is 6.92 Å². The van der Waals surface area contributed by atoms with Gasteiger partial charge in [0, 0.05) is 0 Å².